The molecule has 0 radical (unpaired) electrons. The summed E-state index contributed by atoms with van der Waals surface area (Å²) in [6, 6.07) is 19.7. The number of fused-ring (bicyclic) bond motifs is 1. The number of aromatic nitrogens is 2. The lowest BCUT2D eigenvalue weighted by Crippen LogP contribution is -2.30. The maximum atomic E-state index is 12.3. The van der Waals surface area contributed by atoms with Crippen LogP contribution in [0, 0.1) is 17.0 Å². The number of carbonyl (C=O) groups is 1. The van der Waals surface area contributed by atoms with Crippen molar-refractivity contribution in [3.8, 4) is 11.6 Å². The minimum atomic E-state index is -0.666. The van der Waals surface area contributed by atoms with E-state index in [1.54, 1.807) is 36.4 Å². The van der Waals surface area contributed by atoms with Gasteiger partial charge < -0.3 is 4.74 Å². The van der Waals surface area contributed by atoms with Crippen LogP contribution in [-0.4, -0.2) is 20.8 Å². The molecule has 0 aliphatic carbocycles. The molecule has 0 bridgehead atoms. The van der Waals surface area contributed by atoms with E-state index in [1.807, 2.05) is 37.3 Å². The van der Waals surface area contributed by atoms with E-state index in [0.29, 0.717) is 11.3 Å². The van der Waals surface area contributed by atoms with Crippen molar-refractivity contribution in [3.63, 3.8) is 0 Å². The highest BCUT2D eigenvalue weighted by Crippen LogP contribution is 2.36. The molecule has 0 spiro atoms. The SMILES string of the molecule is Cc1ccc(C(=O)NNc2ncnc(Oc3cccc4ccccc34)c2[N+](=O)[O-])cc1. The molecule has 0 fully saturated rings. The molecule has 4 rings (SSSR count). The van der Waals surface area contributed by atoms with E-state index >= 15 is 0 Å². The standard InChI is InChI=1S/C22H17N5O4/c1-14-9-11-16(12-10-14)21(28)26-25-20-19(27(29)30)22(24-13-23-20)31-18-8-4-6-15-5-2-3-7-17(15)18/h2-13H,1H3,(H,26,28)(H,23,24,25). The quantitative estimate of drug-likeness (QED) is 0.354. The average molecular weight is 415 g/mol. The number of hydrazine groups is 1. The Morgan fingerprint density at radius 1 is 1.00 bits per heavy atom. The molecular weight excluding hydrogens is 398 g/mol. The average Bonchev–Trinajstić information content (AvgIpc) is 2.78. The van der Waals surface area contributed by atoms with Crippen LogP contribution >= 0.6 is 0 Å². The lowest BCUT2D eigenvalue weighted by molar-refractivity contribution is -0.385. The van der Waals surface area contributed by atoms with Gasteiger partial charge >= 0.3 is 11.6 Å². The largest absolute Gasteiger partial charge is 0.433 e. The molecule has 9 heteroatoms. The normalized spacial score (nSPS) is 10.5. The van der Waals surface area contributed by atoms with Gasteiger partial charge in [0, 0.05) is 10.9 Å². The Balaban J connectivity index is 1.61. The van der Waals surface area contributed by atoms with Crippen molar-refractivity contribution < 1.29 is 14.5 Å². The highest BCUT2D eigenvalue weighted by molar-refractivity contribution is 5.95. The highest BCUT2D eigenvalue weighted by atomic mass is 16.6. The summed E-state index contributed by atoms with van der Waals surface area (Å²) in [6.45, 7) is 1.90. The van der Waals surface area contributed by atoms with Crippen molar-refractivity contribution in [2.75, 3.05) is 5.43 Å². The van der Waals surface area contributed by atoms with E-state index in [-0.39, 0.29) is 11.7 Å². The summed E-state index contributed by atoms with van der Waals surface area (Å²) in [5.41, 5.74) is 5.81. The molecular formula is C22H17N5O4. The van der Waals surface area contributed by atoms with Crippen LogP contribution < -0.4 is 15.6 Å². The molecule has 1 amide bonds. The molecule has 4 aromatic rings. The minimum Gasteiger partial charge on any atom is -0.433 e. The Labute approximate surface area is 176 Å². The number of hydrogen-bond donors (Lipinski definition) is 2. The first-order chi connectivity index (χ1) is 15.0. The first kappa shape index (κ1) is 19.8. The first-order valence-electron chi connectivity index (χ1n) is 9.31. The number of ether oxygens (including phenoxy) is 1. The van der Waals surface area contributed by atoms with Crippen LogP contribution in [0.3, 0.4) is 0 Å². The zero-order chi connectivity index (χ0) is 21.8. The molecule has 0 aliphatic rings. The van der Waals surface area contributed by atoms with Crippen LogP contribution in [0.25, 0.3) is 10.8 Å². The predicted molar refractivity (Wildman–Crippen MR) is 115 cm³/mol. The van der Waals surface area contributed by atoms with E-state index in [1.165, 1.54) is 0 Å². The van der Waals surface area contributed by atoms with Crippen molar-refractivity contribution in [1.82, 2.24) is 15.4 Å². The zero-order valence-electron chi connectivity index (χ0n) is 16.4. The van der Waals surface area contributed by atoms with Crippen molar-refractivity contribution in [2.45, 2.75) is 6.92 Å². The molecule has 0 saturated carbocycles. The summed E-state index contributed by atoms with van der Waals surface area (Å²) in [5, 5.41) is 13.4. The predicted octanol–water partition coefficient (Wildman–Crippen LogP) is 4.40. The third-order valence-electron chi connectivity index (χ3n) is 4.54. The molecule has 31 heavy (non-hydrogen) atoms. The molecule has 154 valence electrons. The summed E-state index contributed by atoms with van der Waals surface area (Å²) in [6.07, 6.45) is 1.12. The summed E-state index contributed by atoms with van der Waals surface area (Å²) in [4.78, 5) is 31.2. The Morgan fingerprint density at radius 3 is 2.52 bits per heavy atom. The number of rotatable bonds is 6. The lowest BCUT2D eigenvalue weighted by atomic mass is 10.1. The smallest absolute Gasteiger partial charge is 0.374 e. The van der Waals surface area contributed by atoms with E-state index in [4.69, 9.17) is 4.74 Å². The van der Waals surface area contributed by atoms with E-state index in [0.717, 1.165) is 22.7 Å². The van der Waals surface area contributed by atoms with Crippen molar-refractivity contribution in [1.29, 1.82) is 0 Å². The lowest BCUT2D eigenvalue weighted by Gasteiger charge is -2.11. The molecule has 2 N–H and O–H groups in total. The van der Waals surface area contributed by atoms with E-state index in [9.17, 15) is 14.9 Å². The number of amides is 1. The van der Waals surface area contributed by atoms with Gasteiger partial charge in [-0.1, -0.05) is 54.1 Å². The number of carbonyl (C=O) groups excluding carboxylic acids is 1. The van der Waals surface area contributed by atoms with Gasteiger partial charge in [-0.2, -0.15) is 4.98 Å². The van der Waals surface area contributed by atoms with Crippen LogP contribution in [0.1, 0.15) is 15.9 Å². The molecule has 0 unspecified atom stereocenters. The second kappa shape index (κ2) is 8.46. The van der Waals surface area contributed by atoms with Gasteiger partial charge in [-0.05, 0) is 30.5 Å². The molecule has 9 nitrogen and oxygen atoms in total. The van der Waals surface area contributed by atoms with Crippen LogP contribution in [0.2, 0.25) is 0 Å². The van der Waals surface area contributed by atoms with Gasteiger partial charge in [-0.3, -0.25) is 25.8 Å². The minimum absolute atomic E-state index is 0.198. The number of anilines is 1. The van der Waals surface area contributed by atoms with Crippen molar-refractivity contribution in [3.05, 3.63) is 94.3 Å². The van der Waals surface area contributed by atoms with Crippen LogP contribution in [0.5, 0.6) is 11.6 Å². The number of nitro groups is 1. The number of nitrogens with one attached hydrogen (secondary N) is 2. The fourth-order valence-electron chi connectivity index (χ4n) is 2.98. The first-order valence-corrected chi connectivity index (χ1v) is 9.31. The van der Waals surface area contributed by atoms with Gasteiger partial charge in [0.1, 0.15) is 12.1 Å². The van der Waals surface area contributed by atoms with Crippen LogP contribution in [-0.2, 0) is 0 Å². The maximum Gasteiger partial charge on any atom is 0.374 e. The van der Waals surface area contributed by atoms with Gasteiger partial charge in [0.2, 0.25) is 5.82 Å². The maximum absolute atomic E-state index is 12.3. The zero-order valence-corrected chi connectivity index (χ0v) is 16.4. The number of hydrogen-bond acceptors (Lipinski definition) is 7. The van der Waals surface area contributed by atoms with Gasteiger partial charge in [0.15, 0.2) is 0 Å². The molecule has 1 aromatic heterocycles. The van der Waals surface area contributed by atoms with Gasteiger partial charge in [-0.15, -0.1) is 0 Å². The van der Waals surface area contributed by atoms with Crippen LogP contribution in [0.4, 0.5) is 11.5 Å². The summed E-state index contributed by atoms with van der Waals surface area (Å²) < 4.78 is 5.78. The van der Waals surface area contributed by atoms with Gasteiger partial charge in [0.05, 0.1) is 4.92 Å². The molecule has 0 saturated heterocycles. The van der Waals surface area contributed by atoms with E-state index in [2.05, 4.69) is 20.8 Å². The van der Waals surface area contributed by atoms with Crippen molar-refractivity contribution >= 4 is 28.2 Å². The molecule has 3 aromatic carbocycles. The molecule has 1 heterocycles. The van der Waals surface area contributed by atoms with Gasteiger partial charge in [0.25, 0.3) is 5.91 Å². The number of benzene rings is 3. The fourth-order valence-corrected chi connectivity index (χ4v) is 2.98. The van der Waals surface area contributed by atoms with Gasteiger partial charge in [-0.25, -0.2) is 4.98 Å². The third kappa shape index (κ3) is 4.25. The number of aryl methyl sites for hydroxylation is 1. The summed E-state index contributed by atoms with van der Waals surface area (Å²) >= 11 is 0. The summed E-state index contributed by atoms with van der Waals surface area (Å²) in [5.74, 6) is -0.502. The number of nitrogens with zero attached hydrogens (tertiary/aromatic N) is 3. The monoisotopic (exact) mass is 415 g/mol. The second-order valence-electron chi connectivity index (χ2n) is 6.66. The van der Waals surface area contributed by atoms with Crippen molar-refractivity contribution in [2.24, 2.45) is 0 Å². The molecule has 0 atom stereocenters. The summed E-state index contributed by atoms with van der Waals surface area (Å²) in [7, 11) is 0. The molecule has 0 aliphatic heterocycles. The topological polar surface area (TPSA) is 119 Å². The fraction of sp³-hybridized carbons (Fsp3) is 0.0455. The van der Waals surface area contributed by atoms with Crippen LogP contribution in [0.15, 0.2) is 73.1 Å². The highest BCUT2D eigenvalue weighted by Gasteiger charge is 2.26. The third-order valence-corrected chi connectivity index (χ3v) is 4.54. The Morgan fingerprint density at radius 2 is 1.74 bits per heavy atom. The second-order valence-corrected chi connectivity index (χ2v) is 6.66. The Hall–Kier alpha value is -4.53. The Bertz CT molecular complexity index is 1270. The van der Waals surface area contributed by atoms with E-state index < -0.39 is 16.5 Å². The Kier molecular flexibility index (Phi) is 5.39.